The van der Waals surface area contributed by atoms with Crippen LogP contribution in [0.1, 0.15) is 0 Å². The van der Waals surface area contributed by atoms with Gasteiger partial charge in [-0.25, -0.2) is 4.98 Å². The van der Waals surface area contributed by atoms with Crippen molar-refractivity contribution in [2.24, 2.45) is 0 Å². The predicted molar refractivity (Wildman–Crippen MR) is 182 cm³/mol. The molecule has 0 unspecified atom stereocenters. The lowest BCUT2D eigenvalue weighted by Gasteiger charge is -2.12. The fraction of sp³-hybridized carbons (Fsp3) is 0. The van der Waals surface area contributed by atoms with Crippen LogP contribution < -0.4 is 0 Å². The van der Waals surface area contributed by atoms with Crippen molar-refractivity contribution in [1.29, 1.82) is 0 Å². The van der Waals surface area contributed by atoms with Crippen molar-refractivity contribution in [3.05, 3.63) is 158 Å². The van der Waals surface area contributed by atoms with Gasteiger partial charge in [-0.3, -0.25) is 0 Å². The van der Waals surface area contributed by atoms with Gasteiger partial charge in [-0.1, -0.05) is 109 Å². The molecule has 0 fully saturated rings. The van der Waals surface area contributed by atoms with Crippen molar-refractivity contribution in [3.8, 4) is 39.3 Å². The standard InChI is InChI=1S/C41H26N2O/c1-3-11-28(12-4-1)36-23-30(24-37(42-36)29-13-5-2-6-14-29)27-19-21-31(22-20-27)43-38-17-9-7-15-32(38)34-25-35-33-16-8-10-18-40(33)44-41(35)26-39(34)43/h1-26H. The van der Waals surface area contributed by atoms with E-state index in [1.165, 1.54) is 16.3 Å². The Morgan fingerprint density at radius 1 is 0.386 bits per heavy atom. The van der Waals surface area contributed by atoms with E-state index in [0.29, 0.717) is 0 Å². The Kier molecular flexibility index (Phi) is 5.50. The minimum absolute atomic E-state index is 0.901. The molecule has 44 heavy (non-hydrogen) atoms. The second kappa shape index (κ2) is 9.82. The molecule has 0 saturated heterocycles. The summed E-state index contributed by atoms with van der Waals surface area (Å²) in [7, 11) is 0. The van der Waals surface area contributed by atoms with E-state index < -0.39 is 0 Å². The Balaban J connectivity index is 1.21. The zero-order chi connectivity index (χ0) is 29.0. The van der Waals surface area contributed by atoms with Crippen LogP contribution in [-0.2, 0) is 0 Å². The number of fused-ring (bicyclic) bond motifs is 6. The van der Waals surface area contributed by atoms with E-state index in [4.69, 9.17) is 9.40 Å². The molecule has 3 aromatic heterocycles. The molecule has 0 radical (unpaired) electrons. The van der Waals surface area contributed by atoms with E-state index in [1.54, 1.807) is 0 Å². The van der Waals surface area contributed by atoms with Crippen molar-refractivity contribution < 1.29 is 4.42 Å². The van der Waals surface area contributed by atoms with Crippen LogP contribution in [0.15, 0.2) is 162 Å². The van der Waals surface area contributed by atoms with Gasteiger partial charge in [0.25, 0.3) is 0 Å². The highest BCUT2D eigenvalue weighted by molar-refractivity contribution is 6.17. The summed E-state index contributed by atoms with van der Waals surface area (Å²) in [5, 5.41) is 4.74. The first kappa shape index (κ1) is 24.6. The molecule has 206 valence electrons. The molecule has 3 nitrogen and oxygen atoms in total. The Morgan fingerprint density at radius 2 is 1.00 bits per heavy atom. The third-order valence-corrected chi connectivity index (χ3v) is 8.59. The van der Waals surface area contributed by atoms with E-state index in [0.717, 1.165) is 66.8 Å². The van der Waals surface area contributed by atoms with Gasteiger partial charge in [0.1, 0.15) is 11.2 Å². The Labute approximate surface area is 254 Å². The second-order valence-corrected chi connectivity index (χ2v) is 11.2. The summed E-state index contributed by atoms with van der Waals surface area (Å²) in [4.78, 5) is 5.05. The second-order valence-electron chi connectivity index (χ2n) is 11.2. The van der Waals surface area contributed by atoms with Gasteiger partial charge < -0.3 is 8.98 Å². The monoisotopic (exact) mass is 562 g/mol. The lowest BCUT2D eigenvalue weighted by Crippen LogP contribution is -1.94. The van der Waals surface area contributed by atoms with Gasteiger partial charge in [0.2, 0.25) is 0 Å². The van der Waals surface area contributed by atoms with Crippen LogP contribution in [-0.4, -0.2) is 9.55 Å². The smallest absolute Gasteiger partial charge is 0.137 e. The molecule has 0 amide bonds. The highest BCUT2D eigenvalue weighted by atomic mass is 16.3. The maximum absolute atomic E-state index is 6.30. The molecule has 0 N–H and O–H groups in total. The quantitative estimate of drug-likeness (QED) is 0.214. The summed E-state index contributed by atoms with van der Waals surface area (Å²) in [5.41, 5.74) is 11.6. The minimum atomic E-state index is 0.901. The number of pyridine rings is 1. The molecule has 0 bridgehead atoms. The minimum Gasteiger partial charge on any atom is -0.456 e. The Hall–Kier alpha value is -5.93. The average molecular weight is 563 g/mol. The molecule has 0 aliphatic heterocycles. The van der Waals surface area contributed by atoms with Crippen molar-refractivity contribution >= 4 is 43.7 Å². The molecule has 0 aliphatic carbocycles. The van der Waals surface area contributed by atoms with Crippen LogP contribution >= 0.6 is 0 Å². The van der Waals surface area contributed by atoms with Crippen LogP contribution in [0, 0.1) is 0 Å². The van der Waals surface area contributed by atoms with Crippen LogP contribution in [0.3, 0.4) is 0 Å². The number of hydrogen-bond acceptors (Lipinski definition) is 2. The van der Waals surface area contributed by atoms with Gasteiger partial charge in [-0.2, -0.15) is 0 Å². The van der Waals surface area contributed by atoms with Crippen LogP contribution in [0.4, 0.5) is 0 Å². The predicted octanol–water partition coefficient (Wildman–Crippen LogP) is 11.1. The van der Waals surface area contributed by atoms with Gasteiger partial charge in [-0.05, 0) is 53.6 Å². The summed E-state index contributed by atoms with van der Waals surface area (Å²) in [6, 6.07) is 55.4. The molecule has 0 spiro atoms. The Bertz CT molecular complexity index is 2410. The SMILES string of the molecule is c1ccc(-c2cc(-c3ccc(-n4c5ccccc5c5cc6c(cc54)oc4ccccc46)cc3)cc(-c3ccccc3)n2)cc1. The molecular weight excluding hydrogens is 536 g/mol. The molecular formula is C41H26N2O. The van der Waals surface area contributed by atoms with Crippen LogP contribution in [0.25, 0.3) is 83.1 Å². The van der Waals surface area contributed by atoms with Crippen molar-refractivity contribution in [2.75, 3.05) is 0 Å². The molecule has 3 heteroatoms. The zero-order valence-corrected chi connectivity index (χ0v) is 23.8. The average Bonchev–Trinajstić information content (AvgIpc) is 3.62. The highest BCUT2D eigenvalue weighted by Gasteiger charge is 2.16. The van der Waals surface area contributed by atoms with E-state index in [9.17, 15) is 0 Å². The maximum atomic E-state index is 6.30. The Morgan fingerprint density at radius 3 is 1.70 bits per heavy atom. The number of aromatic nitrogens is 2. The fourth-order valence-corrected chi connectivity index (χ4v) is 6.48. The van der Waals surface area contributed by atoms with Gasteiger partial charge >= 0.3 is 0 Å². The normalized spacial score (nSPS) is 11.6. The van der Waals surface area contributed by atoms with Gasteiger partial charge in [0.15, 0.2) is 0 Å². The van der Waals surface area contributed by atoms with E-state index >= 15 is 0 Å². The number of nitrogens with zero attached hydrogens (tertiary/aromatic N) is 2. The molecule has 3 heterocycles. The zero-order valence-electron chi connectivity index (χ0n) is 23.8. The van der Waals surface area contributed by atoms with E-state index in [2.05, 4.69) is 138 Å². The van der Waals surface area contributed by atoms with E-state index in [1.807, 2.05) is 24.3 Å². The number of rotatable bonds is 4. The third kappa shape index (κ3) is 3.94. The molecule has 0 saturated carbocycles. The van der Waals surface area contributed by atoms with Crippen molar-refractivity contribution in [3.63, 3.8) is 0 Å². The van der Waals surface area contributed by atoms with E-state index in [-0.39, 0.29) is 0 Å². The number of furan rings is 1. The van der Waals surface area contributed by atoms with Gasteiger partial charge in [0.05, 0.1) is 22.4 Å². The first-order valence-corrected chi connectivity index (χ1v) is 14.9. The summed E-state index contributed by atoms with van der Waals surface area (Å²) in [6.45, 7) is 0. The lowest BCUT2D eigenvalue weighted by atomic mass is 10.00. The van der Waals surface area contributed by atoms with Crippen molar-refractivity contribution in [1.82, 2.24) is 9.55 Å². The molecule has 0 atom stereocenters. The first-order chi connectivity index (χ1) is 21.8. The summed E-state index contributed by atoms with van der Waals surface area (Å²) in [6.07, 6.45) is 0. The fourth-order valence-electron chi connectivity index (χ4n) is 6.48. The molecule has 6 aromatic carbocycles. The molecule has 0 aliphatic rings. The van der Waals surface area contributed by atoms with Crippen LogP contribution in [0.5, 0.6) is 0 Å². The number of hydrogen-bond donors (Lipinski definition) is 0. The molecule has 9 aromatic rings. The number of benzene rings is 6. The number of para-hydroxylation sites is 2. The first-order valence-electron chi connectivity index (χ1n) is 14.9. The van der Waals surface area contributed by atoms with Crippen LogP contribution in [0.2, 0.25) is 0 Å². The lowest BCUT2D eigenvalue weighted by molar-refractivity contribution is 0.669. The topological polar surface area (TPSA) is 31.0 Å². The summed E-state index contributed by atoms with van der Waals surface area (Å²) < 4.78 is 8.65. The van der Waals surface area contributed by atoms with Gasteiger partial charge in [0, 0.05) is 44.4 Å². The van der Waals surface area contributed by atoms with Gasteiger partial charge in [-0.15, -0.1) is 0 Å². The highest BCUT2D eigenvalue weighted by Crippen LogP contribution is 2.39. The third-order valence-electron chi connectivity index (χ3n) is 8.59. The van der Waals surface area contributed by atoms with Crippen molar-refractivity contribution in [2.45, 2.75) is 0 Å². The summed E-state index contributed by atoms with van der Waals surface area (Å²) >= 11 is 0. The summed E-state index contributed by atoms with van der Waals surface area (Å²) in [5.74, 6) is 0. The molecule has 9 rings (SSSR count). The largest absolute Gasteiger partial charge is 0.456 e. The maximum Gasteiger partial charge on any atom is 0.137 e.